The molecule has 0 heterocycles. The summed E-state index contributed by atoms with van der Waals surface area (Å²) in [7, 11) is 0. The second kappa shape index (κ2) is 5.27. The van der Waals surface area contributed by atoms with Gasteiger partial charge in [-0.05, 0) is 42.9 Å². The van der Waals surface area contributed by atoms with Crippen molar-refractivity contribution in [2.45, 2.75) is 71.5 Å². The number of rotatable bonds is 3. The van der Waals surface area contributed by atoms with Gasteiger partial charge in [0, 0.05) is 6.61 Å². The molecule has 1 N–H and O–H groups in total. The fourth-order valence-electron chi connectivity index (χ4n) is 3.47. The van der Waals surface area contributed by atoms with Crippen LogP contribution in [0.25, 0.3) is 0 Å². The zero-order valence-corrected chi connectivity index (χ0v) is 11.6. The van der Waals surface area contributed by atoms with E-state index in [2.05, 4.69) is 20.8 Å². The zero-order valence-electron chi connectivity index (χ0n) is 11.6. The van der Waals surface area contributed by atoms with E-state index < -0.39 is 0 Å². The second-order valence-corrected chi connectivity index (χ2v) is 6.98. The van der Waals surface area contributed by atoms with Crippen LogP contribution in [-0.4, -0.2) is 23.9 Å². The highest BCUT2D eigenvalue weighted by Crippen LogP contribution is 2.39. The molecule has 0 aliphatic heterocycles. The van der Waals surface area contributed by atoms with Crippen LogP contribution in [0.15, 0.2) is 0 Å². The van der Waals surface area contributed by atoms with Crippen molar-refractivity contribution < 1.29 is 9.84 Å². The largest absolute Gasteiger partial charge is 0.390 e. The van der Waals surface area contributed by atoms with Crippen molar-refractivity contribution in [2.75, 3.05) is 6.61 Å². The summed E-state index contributed by atoms with van der Waals surface area (Å²) in [4.78, 5) is 0. The Hall–Kier alpha value is -0.0800. The van der Waals surface area contributed by atoms with E-state index in [-0.39, 0.29) is 17.6 Å². The van der Waals surface area contributed by atoms with Gasteiger partial charge in [0.2, 0.25) is 0 Å². The highest BCUT2D eigenvalue weighted by atomic mass is 16.5. The van der Waals surface area contributed by atoms with E-state index in [1.807, 2.05) is 0 Å². The summed E-state index contributed by atoms with van der Waals surface area (Å²) in [6.45, 7) is 7.50. The molecule has 100 valence electrons. The van der Waals surface area contributed by atoms with Crippen LogP contribution in [0.4, 0.5) is 0 Å². The predicted octanol–water partition coefficient (Wildman–Crippen LogP) is 3.38. The Morgan fingerprint density at radius 1 is 1.24 bits per heavy atom. The molecule has 17 heavy (non-hydrogen) atoms. The Morgan fingerprint density at radius 3 is 2.59 bits per heavy atom. The lowest BCUT2D eigenvalue weighted by atomic mass is 9.83. The van der Waals surface area contributed by atoms with Gasteiger partial charge in [-0.1, -0.05) is 33.6 Å². The van der Waals surface area contributed by atoms with Gasteiger partial charge in [-0.25, -0.2) is 0 Å². The van der Waals surface area contributed by atoms with E-state index >= 15 is 0 Å². The van der Waals surface area contributed by atoms with Crippen molar-refractivity contribution >= 4 is 0 Å². The van der Waals surface area contributed by atoms with Gasteiger partial charge in [0.05, 0.1) is 12.2 Å². The maximum Gasteiger partial charge on any atom is 0.0852 e. The summed E-state index contributed by atoms with van der Waals surface area (Å²) < 4.78 is 5.99. The lowest BCUT2D eigenvalue weighted by Gasteiger charge is -2.29. The van der Waals surface area contributed by atoms with Gasteiger partial charge >= 0.3 is 0 Å². The first-order chi connectivity index (χ1) is 7.99. The average Bonchev–Trinajstić information content (AvgIpc) is 2.52. The number of ether oxygens (including phenoxy) is 1. The minimum atomic E-state index is -0.275. The third kappa shape index (κ3) is 3.23. The summed E-state index contributed by atoms with van der Waals surface area (Å²) >= 11 is 0. The van der Waals surface area contributed by atoms with Crippen LogP contribution in [0.5, 0.6) is 0 Å². The van der Waals surface area contributed by atoms with Crippen molar-refractivity contribution in [3.63, 3.8) is 0 Å². The van der Waals surface area contributed by atoms with Gasteiger partial charge < -0.3 is 9.84 Å². The minimum Gasteiger partial charge on any atom is -0.390 e. The summed E-state index contributed by atoms with van der Waals surface area (Å²) in [6.07, 6.45) is 7.29. The van der Waals surface area contributed by atoms with E-state index in [4.69, 9.17) is 4.74 Å². The minimum absolute atomic E-state index is 0.0462. The van der Waals surface area contributed by atoms with Crippen LogP contribution in [0.2, 0.25) is 0 Å². The molecule has 4 atom stereocenters. The molecule has 4 unspecified atom stereocenters. The molecule has 2 aliphatic rings. The third-order valence-electron chi connectivity index (χ3n) is 4.82. The predicted molar refractivity (Wildman–Crippen MR) is 69.9 cm³/mol. The molecule has 0 bridgehead atoms. The van der Waals surface area contributed by atoms with E-state index in [1.165, 1.54) is 25.7 Å². The van der Waals surface area contributed by atoms with Gasteiger partial charge in [-0.3, -0.25) is 0 Å². The molecule has 2 heteroatoms. The Bertz CT molecular complexity index is 249. The van der Waals surface area contributed by atoms with Crippen LogP contribution < -0.4 is 0 Å². The molecule has 2 fully saturated rings. The maximum absolute atomic E-state index is 10.2. The highest BCUT2D eigenvalue weighted by molar-refractivity contribution is 4.92. The second-order valence-electron chi connectivity index (χ2n) is 6.98. The molecule has 2 aliphatic carbocycles. The van der Waals surface area contributed by atoms with Crippen LogP contribution >= 0.6 is 0 Å². The average molecular weight is 240 g/mol. The Morgan fingerprint density at radius 2 is 2.00 bits per heavy atom. The third-order valence-corrected chi connectivity index (χ3v) is 4.82. The van der Waals surface area contributed by atoms with Gasteiger partial charge in [-0.2, -0.15) is 0 Å². The van der Waals surface area contributed by atoms with E-state index in [0.29, 0.717) is 0 Å². The van der Waals surface area contributed by atoms with Gasteiger partial charge in [0.25, 0.3) is 0 Å². The molecule has 0 aromatic rings. The number of hydrogen-bond acceptors (Lipinski definition) is 2. The molecule has 0 spiro atoms. The van der Waals surface area contributed by atoms with Crippen LogP contribution in [0.3, 0.4) is 0 Å². The molecule has 0 amide bonds. The first-order valence-electron chi connectivity index (χ1n) is 7.28. The van der Waals surface area contributed by atoms with E-state index in [1.54, 1.807) is 0 Å². The molecule has 2 saturated carbocycles. The van der Waals surface area contributed by atoms with Crippen molar-refractivity contribution in [1.29, 1.82) is 0 Å². The summed E-state index contributed by atoms with van der Waals surface area (Å²) in [5.41, 5.74) is 0.0462. The first-order valence-corrected chi connectivity index (χ1v) is 7.28. The quantitative estimate of drug-likeness (QED) is 0.819. The summed E-state index contributed by atoms with van der Waals surface area (Å²) in [6, 6.07) is 0. The fraction of sp³-hybridized carbons (Fsp3) is 1.00. The molecule has 2 rings (SSSR count). The first kappa shape index (κ1) is 13.4. The van der Waals surface area contributed by atoms with Gasteiger partial charge in [-0.15, -0.1) is 0 Å². The van der Waals surface area contributed by atoms with Crippen LogP contribution in [0, 0.1) is 17.3 Å². The maximum atomic E-state index is 10.2. The van der Waals surface area contributed by atoms with Gasteiger partial charge in [0.1, 0.15) is 0 Å². The smallest absolute Gasteiger partial charge is 0.0852 e. The lowest BCUT2D eigenvalue weighted by Crippen LogP contribution is -2.34. The van der Waals surface area contributed by atoms with Crippen molar-refractivity contribution in [1.82, 2.24) is 0 Å². The van der Waals surface area contributed by atoms with Crippen molar-refractivity contribution in [3.8, 4) is 0 Å². The molecule has 0 aromatic carbocycles. The fourth-order valence-corrected chi connectivity index (χ4v) is 3.47. The number of hydrogen-bond donors (Lipinski definition) is 1. The van der Waals surface area contributed by atoms with E-state index in [0.717, 1.165) is 31.3 Å². The lowest BCUT2D eigenvalue weighted by molar-refractivity contribution is -0.0637. The van der Waals surface area contributed by atoms with Crippen molar-refractivity contribution in [2.24, 2.45) is 17.3 Å². The van der Waals surface area contributed by atoms with E-state index in [9.17, 15) is 5.11 Å². The van der Waals surface area contributed by atoms with Crippen LogP contribution in [0.1, 0.15) is 59.3 Å². The van der Waals surface area contributed by atoms with Crippen LogP contribution in [-0.2, 0) is 4.74 Å². The zero-order chi connectivity index (χ0) is 12.5. The molecule has 0 saturated heterocycles. The molecular weight excluding hydrogens is 212 g/mol. The number of aliphatic hydroxyl groups is 1. The topological polar surface area (TPSA) is 29.5 Å². The molecule has 0 radical (unpaired) electrons. The molecular formula is C15H28O2. The number of aliphatic hydroxyl groups excluding tert-OH is 1. The Balaban J connectivity index is 1.75. The normalized spacial score (nSPS) is 41.6. The van der Waals surface area contributed by atoms with Crippen molar-refractivity contribution in [3.05, 3.63) is 0 Å². The Kier molecular flexibility index (Phi) is 4.14. The molecule has 2 nitrogen and oxygen atoms in total. The summed E-state index contributed by atoms with van der Waals surface area (Å²) in [5, 5.41) is 10.2. The standard InChI is InChI=1S/C15H28O2/c1-11-5-4-6-12(9-11)10-17-13-7-8-15(2,3)14(13)16/h11-14,16H,4-10H2,1-3H3. The monoisotopic (exact) mass is 240 g/mol. The highest BCUT2D eigenvalue weighted by Gasteiger charge is 2.41. The Labute approximate surface area is 106 Å². The summed E-state index contributed by atoms with van der Waals surface area (Å²) in [5.74, 6) is 1.59. The molecule has 0 aromatic heterocycles. The SMILES string of the molecule is CC1CCCC(COC2CCC(C)(C)C2O)C1. The van der Waals surface area contributed by atoms with Gasteiger partial charge in [0.15, 0.2) is 0 Å².